The average Bonchev–Trinajstić information content (AvgIpc) is 3.28. The van der Waals surface area contributed by atoms with Crippen molar-refractivity contribution in [1.29, 1.82) is 0 Å². The second kappa shape index (κ2) is 8.22. The van der Waals surface area contributed by atoms with E-state index in [9.17, 15) is 4.79 Å². The van der Waals surface area contributed by atoms with Crippen LogP contribution in [0.4, 0.5) is 0 Å². The molecule has 1 saturated heterocycles. The van der Waals surface area contributed by atoms with Gasteiger partial charge in [-0.25, -0.2) is 9.50 Å². The molecule has 2 aromatic heterocycles. The maximum Gasteiger partial charge on any atom is 0.272 e. The number of methoxy groups -OCH3 is 1. The van der Waals surface area contributed by atoms with Gasteiger partial charge in [-0.05, 0) is 37.5 Å². The van der Waals surface area contributed by atoms with Gasteiger partial charge in [0, 0.05) is 30.3 Å². The quantitative estimate of drug-likeness (QED) is 0.488. The lowest BCUT2D eigenvalue weighted by atomic mass is 10.1. The number of hydrogen-bond donors (Lipinski definition) is 0. The largest absolute Gasteiger partial charge is 0.496 e. The first-order valence-corrected chi connectivity index (χ1v) is 10.6. The number of hydrogen-bond acceptors (Lipinski definition) is 4. The van der Waals surface area contributed by atoms with Crippen molar-refractivity contribution in [2.45, 2.75) is 19.3 Å². The van der Waals surface area contributed by atoms with Gasteiger partial charge in [0.2, 0.25) is 0 Å². The third-order valence-corrected chi connectivity index (χ3v) is 5.74. The monoisotopic (exact) mass is 412 g/mol. The van der Waals surface area contributed by atoms with Crippen LogP contribution in [0.2, 0.25) is 0 Å². The number of benzene rings is 2. The van der Waals surface area contributed by atoms with E-state index in [-0.39, 0.29) is 5.91 Å². The molecule has 0 spiro atoms. The Morgan fingerprint density at radius 3 is 2.45 bits per heavy atom. The molecule has 31 heavy (non-hydrogen) atoms. The summed E-state index contributed by atoms with van der Waals surface area (Å²) in [5.41, 5.74) is 4.55. The van der Waals surface area contributed by atoms with E-state index in [1.807, 2.05) is 71.6 Å². The molecule has 0 atom stereocenters. The molecule has 2 aromatic carbocycles. The summed E-state index contributed by atoms with van der Waals surface area (Å²) in [6.45, 7) is 1.56. The standard InChI is InChI=1S/C25H24N4O2/c1-31-23-13-7-6-12-19(23)22-16-21(25(30)28-14-8-3-9-15-28)26-24-17-20(27-29(22)24)18-10-4-2-5-11-18/h2,4-7,10-13,16-17H,3,8-9,14-15H2,1H3. The number of piperidine rings is 1. The molecule has 156 valence electrons. The molecule has 4 aromatic rings. The Kier molecular flexibility index (Phi) is 5.12. The molecule has 1 aliphatic heterocycles. The van der Waals surface area contributed by atoms with Crippen LogP contribution < -0.4 is 4.74 Å². The second-order valence-electron chi connectivity index (χ2n) is 7.75. The summed E-state index contributed by atoms with van der Waals surface area (Å²) >= 11 is 0. The van der Waals surface area contributed by atoms with Gasteiger partial charge in [0.05, 0.1) is 18.5 Å². The van der Waals surface area contributed by atoms with Crippen molar-refractivity contribution in [3.05, 3.63) is 72.4 Å². The maximum absolute atomic E-state index is 13.3. The zero-order chi connectivity index (χ0) is 21.2. The van der Waals surface area contributed by atoms with Crippen molar-refractivity contribution < 1.29 is 9.53 Å². The first kappa shape index (κ1) is 19.3. The van der Waals surface area contributed by atoms with Crippen LogP contribution in [-0.2, 0) is 0 Å². The molecule has 6 heteroatoms. The molecule has 0 bridgehead atoms. The van der Waals surface area contributed by atoms with Gasteiger partial charge in [-0.15, -0.1) is 0 Å². The van der Waals surface area contributed by atoms with Gasteiger partial charge < -0.3 is 9.64 Å². The van der Waals surface area contributed by atoms with Crippen molar-refractivity contribution in [2.75, 3.05) is 20.2 Å². The Morgan fingerprint density at radius 2 is 1.68 bits per heavy atom. The van der Waals surface area contributed by atoms with E-state index in [0.29, 0.717) is 11.3 Å². The van der Waals surface area contributed by atoms with Crippen molar-refractivity contribution in [2.24, 2.45) is 0 Å². The number of fused-ring (bicyclic) bond motifs is 1. The van der Waals surface area contributed by atoms with Crippen LogP contribution in [0.3, 0.4) is 0 Å². The zero-order valence-electron chi connectivity index (χ0n) is 17.5. The fourth-order valence-electron chi connectivity index (χ4n) is 4.14. The number of carbonyl (C=O) groups is 1. The predicted octanol–water partition coefficient (Wildman–Crippen LogP) is 4.70. The smallest absolute Gasteiger partial charge is 0.272 e. The second-order valence-corrected chi connectivity index (χ2v) is 7.75. The summed E-state index contributed by atoms with van der Waals surface area (Å²) in [4.78, 5) is 19.9. The van der Waals surface area contributed by atoms with Gasteiger partial charge in [0.25, 0.3) is 5.91 Å². The minimum atomic E-state index is -0.0270. The molecule has 3 heterocycles. The Bertz CT molecular complexity index is 1230. The number of carbonyl (C=O) groups excluding carboxylic acids is 1. The van der Waals surface area contributed by atoms with Crippen LogP contribution in [0, 0.1) is 0 Å². The van der Waals surface area contributed by atoms with E-state index >= 15 is 0 Å². The van der Waals surface area contributed by atoms with E-state index in [2.05, 4.69) is 0 Å². The van der Waals surface area contributed by atoms with Crippen LogP contribution in [0.1, 0.15) is 29.8 Å². The molecule has 0 N–H and O–H groups in total. The van der Waals surface area contributed by atoms with E-state index in [1.54, 1.807) is 11.6 Å². The van der Waals surface area contributed by atoms with Crippen LogP contribution in [0.15, 0.2) is 66.7 Å². The molecule has 5 rings (SSSR count). The Balaban J connectivity index is 1.70. The normalized spacial score (nSPS) is 14.0. The van der Waals surface area contributed by atoms with Crippen LogP contribution >= 0.6 is 0 Å². The van der Waals surface area contributed by atoms with Gasteiger partial charge in [-0.3, -0.25) is 4.79 Å². The highest BCUT2D eigenvalue weighted by Crippen LogP contribution is 2.32. The summed E-state index contributed by atoms with van der Waals surface area (Å²) in [7, 11) is 1.65. The van der Waals surface area contributed by atoms with Crippen LogP contribution in [0.5, 0.6) is 5.75 Å². The van der Waals surface area contributed by atoms with Gasteiger partial charge >= 0.3 is 0 Å². The van der Waals surface area contributed by atoms with E-state index in [1.165, 1.54) is 6.42 Å². The number of para-hydroxylation sites is 1. The van der Waals surface area contributed by atoms with Crippen molar-refractivity contribution in [3.8, 4) is 28.3 Å². The molecule has 0 saturated carbocycles. The molecular formula is C25H24N4O2. The Hall–Kier alpha value is -3.67. The highest BCUT2D eigenvalue weighted by molar-refractivity contribution is 5.94. The van der Waals surface area contributed by atoms with Crippen LogP contribution in [-0.4, -0.2) is 45.6 Å². The number of aromatic nitrogens is 3. The number of ether oxygens (including phenoxy) is 1. The summed E-state index contributed by atoms with van der Waals surface area (Å²) in [6.07, 6.45) is 3.25. The summed E-state index contributed by atoms with van der Waals surface area (Å²) < 4.78 is 7.40. The molecule has 6 nitrogen and oxygen atoms in total. The first-order chi connectivity index (χ1) is 15.2. The minimum absolute atomic E-state index is 0.0270. The maximum atomic E-state index is 13.3. The van der Waals surface area contributed by atoms with E-state index < -0.39 is 0 Å². The van der Waals surface area contributed by atoms with Gasteiger partial charge in [0.15, 0.2) is 5.65 Å². The van der Waals surface area contributed by atoms with Crippen molar-refractivity contribution >= 4 is 11.6 Å². The minimum Gasteiger partial charge on any atom is -0.496 e. The van der Waals surface area contributed by atoms with Crippen molar-refractivity contribution in [3.63, 3.8) is 0 Å². The lowest BCUT2D eigenvalue weighted by Crippen LogP contribution is -2.36. The van der Waals surface area contributed by atoms with Crippen molar-refractivity contribution in [1.82, 2.24) is 19.5 Å². The molecule has 1 fully saturated rings. The number of nitrogens with zero attached hydrogens (tertiary/aromatic N) is 4. The van der Waals surface area contributed by atoms with Gasteiger partial charge in [-0.1, -0.05) is 42.5 Å². The number of likely N-dealkylation sites (tertiary alicyclic amines) is 1. The lowest BCUT2D eigenvalue weighted by molar-refractivity contribution is 0.0718. The SMILES string of the molecule is COc1ccccc1-c1cc(C(=O)N2CCCCC2)nc2cc(-c3ccccc3)nn12. The molecule has 0 unspecified atom stereocenters. The highest BCUT2D eigenvalue weighted by atomic mass is 16.5. The molecule has 0 radical (unpaired) electrons. The fraction of sp³-hybridized carbons (Fsp3) is 0.240. The van der Waals surface area contributed by atoms with Crippen LogP contribution in [0.25, 0.3) is 28.2 Å². The zero-order valence-corrected chi connectivity index (χ0v) is 17.5. The first-order valence-electron chi connectivity index (χ1n) is 10.6. The summed E-state index contributed by atoms with van der Waals surface area (Å²) in [5.74, 6) is 0.698. The fourth-order valence-corrected chi connectivity index (χ4v) is 4.14. The molecule has 0 aliphatic carbocycles. The van der Waals surface area contributed by atoms with Gasteiger partial charge in [-0.2, -0.15) is 5.10 Å². The summed E-state index contributed by atoms with van der Waals surface area (Å²) in [5, 5.41) is 4.82. The van der Waals surface area contributed by atoms with Gasteiger partial charge in [0.1, 0.15) is 11.4 Å². The molecular weight excluding hydrogens is 388 g/mol. The lowest BCUT2D eigenvalue weighted by Gasteiger charge is -2.26. The predicted molar refractivity (Wildman–Crippen MR) is 120 cm³/mol. The summed E-state index contributed by atoms with van der Waals surface area (Å²) in [6, 6.07) is 21.5. The topological polar surface area (TPSA) is 59.7 Å². The molecule has 1 aliphatic rings. The number of rotatable bonds is 4. The molecule has 1 amide bonds. The Labute approximate surface area is 181 Å². The van der Waals surface area contributed by atoms with E-state index in [4.69, 9.17) is 14.8 Å². The third-order valence-electron chi connectivity index (χ3n) is 5.74. The third kappa shape index (κ3) is 3.65. The number of amides is 1. The van der Waals surface area contributed by atoms with E-state index in [0.717, 1.165) is 54.2 Å². The Morgan fingerprint density at radius 1 is 0.935 bits per heavy atom. The highest BCUT2D eigenvalue weighted by Gasteiger charge is 2.23. The average molecular weight is 412 g/mol.